The number of carbonyl (C=O) groups is 2. The van der Waals surface area contributed by atoms with Gasteiger partial charge in [0.1, 0.15) is 11.6 Å². The molecule has 0 saturated carbocycles. The quantitative estimate of drug-likeness (QED) is 0.630. The lowest BCUT2D eigenvalue weighted by molar-refractivity contribution is 0.0713. The Hall–Kier alpha value is -3.13. The number of fused-ring (bicyclic) bond motifs is 3. The molecule has 1 aromatic carbocycles. The van der Waals surface area contributed by atoms with Crippen molar-refractivity contribution in [2.24, 2.45) is 0 Å². The van der Waals surface area contributed by atoms with Gasteiger partial charge in [-0.3, -0.25) is 14.5 Å². The average Bonchev–Trinajstić information content (AvgIpc) is 3.44. The van der Waals surface area contributed by atoms with Crippen LogP contribution >= 0.6 is 0 Å². The van der Waals surface area contributed by atoms with E-state index in [0.29, 0.717) is 35.9 Å². The summed E-state index contributed by atoms with van der Waals surface area (Å²) < 4.78 is 5.76. The van der Waals surface area contributed by atoms with Crippen LogP contribution in [0.25, 0.3) is 0 Å². The molecule has 196 valence electrons. The normalized spacial score (nSPS) is 25.0. The number of hydrogen-bond donors (Lipinski definition) is 2. The zero-order valence-electron chi connectivity index (χ0n) is 22.0. The summed E-state index contributed by atoms with van der Waals surface area (Å²) in [6, 6.07) is 9.40. The van der Waals surface area contributed by atoms with Crippen molar-refractivity contribution in [2.75, 3.05) is 24.6 Å². The number of nitrogens with one attached hydrogen (secondary N) is 2. The van der Waals surface area contributed by atoms with E-state index in [1.54, 1.807) is 6.20 Å². The standard InChI is InChI=1S/C29H37N5O3/c1-17(2)33-15-22(16-33)32-28(35)20-5-9-26(30-14-20)34-23-6-7-24(34)13-21(12-23)31-29(36)25-8-4-19-10-11-37-27(19)18(25)3/h4-5,8-9,14,17,21-24H,6-7,10-13,15-16H2,1-3H3,(H,31,36)(H,32,35)/t21-,23+,24-. The third-order valence-electron chi connectivity index (χ3n) is 8.67. The molecule has 0 aliphatic carbocycles. The number of piperidine rings is 1. The van der Waals surface area contributed by atoms with E-state index in [2.05, 4.69) is 34.3 Å². The van der Waals surface area contributed by atoms with Gasteiger partial charge in [-0.15, -0.1) is 0 Å². The topological polar surface area (TPSA) is 86.8 Å². The predicted molar refractivity (Wildman–Crippen MR) is 142 cm³/mol. The molecule has 2 amide bonds. The zero-order chi connectivity index (χ0) is 25.7. The smallest absolute Gasteiger partial charge is 0.253 e. The SMILES string of the molecule is Cc1c(C(=O)N[C@H]2C[C@H]3CC[C@@H](C2)N3c2ccc(C(=O)NC3CN(C(C)C)C3)cn2)ccc2c1OCC2. The van der Waals surface area contributed by atoms with Crippen molar-refractivity contribution in [1.29, 1.82) is 0 Å². The highest BCUT2D eigenvalue weighted by molar-refractivity contribution is 5.97. The molecule has 8 heteroatoms. The van der Waals surface area contributed by atoms with E-state index in [9.17, 15) is 9.59 Å². The van der Waals surface area contributed by atoms with E-state index in [1.165, 1.54) is 5.56 Å². The molecule has 2 aromatic rings. The van der Waals surface area contributed by atoms with E-state index in [1.807, 2.05) is 31.2 Å². The molecule has 37 heavy (non-hydrogen) atoms. The number of benzene rings is 1. The van der Waals surface area contributed by atoms with Crippen molar-refractivity contribution in [3.63, 3.8) is 0 Å². The second-order valence-electron chi connectivity index (χ2n) is 11.4. The maximum atomic E-state index is 13.1. The van der Waals surface area contributed by atoms with Crippen LogP contribution < -0.4 is 20.3 Å². The monoisotopic (exact) mass is 503 g/mol. The van der Waals surface area contributed by atoms with E-state index >= 15 is 0 Å². The molecule has 0 unspecified atom stereocenters. The molecule has 3 atom stereocenters. The number of aromatic nitrogens is 1. The maximum Gasteiger partial charge on any atom is 0.253 e. The minimum atomic E-state index is -0.0518. The molecule has 2 bridgehead atoms. The number of hydrogen-bond acceptors (Lipinski definition) is 6. The van der Waals surface area contributed by atoms with Crippen molar-refractivity contribution in [3.8, 4) is 5.75 Å². The van der Waals surface area contributed by atoms with Crippen LogP contribution in [-0.4, -0.2) is 71.6 Å². The van der Waals surface area contributed by atoms with E-state index in [4.69, 9.17) is 9.72 Å². The van der Waals surface area contributed by atoms with Gasteiger partial charge in [0.15, 0.2) is 0 Å². The summed E-state index contributed by atoms with van der Waals surface area (Å²) in [5, 5.41) is 6.42. The first-order valence-corrected chi connectivity index (χ1v) is 13.7. The van der Waals surface area contributed by atoms with E-state index < -0.39 is 0 Å². The number of rotatable bonds is 6. The van der Waals surface area contributed by atoms with Crippen molar-refractivity contribution in [1.82, 2.24) is 20.5 Å². The van der Waals surface area contributed by atoms with Crippen molar-refractivity contribution in [2.45, 2.75) is 83.1 Å². The van der Waals surface area contributed by atoms with Crippen LogP contribution in [0.15, 0.2) is 30.5 Å². The predicted octanol–water partition coefficient (Wildman–Crippen LogP) is 3.08. The Labute approximate surface area is 218 Å². The number of pyridine rings is 1. The fourth-order valence-corrected chi connectivity index (χ4v) is 6.55. The maximum absolute atomic E-state index is 13.1. The third-order valence-corrected chi connectivity index (χ3v) is 8.67. The van der Waals surface area contributed by atoms with Gasteiger partial charge < -0.3 is 20.3 Å². The highest BCUT2D eigenvalue weighted by atomic mass is 16.5. The highest BCUT2D eigenvalue weighted by Gasteiger charge is 2.42. The fraction of sp³-hybridized carbons (Fsp3) is 0.552. The van der Waals surface area contributed by atoms with Crippen molar-refractivity contribution >= 4 is 17.6 Å². The van der Waals surface area contributed by atoms with Crippen LogP contribution in [0, 0.1) is 6.92 Å². The first-order chi connectivity index (χ1) is 17.9. The van der Waals surface area contributed by atoms with E-state index in [-0.39, 0.29) is 23.9 Å². The number of amides is 2. The lowest BCUT2D eigenvalue weighted by atomic mass is 9.96. The zero-order valence-corrected chi connectivity index (χ0v) is 22.0. The number of likely N-dealkylation sites (tertiary alicyclic amines) is 1. The molecule has 3 fully saturated rings. The summed E-state index contributed by atoms with van der Waals surface area (Å²) in [5.41, 5.74) is 3.45. The summed E-state index contributed by atoms with van der Waals surface area (Å²) in [4.78, 5) is 35.3. The van der Waals surface area contributed by atoms with Gasteiger partial charge in [0, 0.05) is 61.0 Å². The first-order valence-electron chi connectivity index (χ1n) is 13.7. The Morgan fingerprint density at radius 2 is 1.73 bits per heavy atom. The molecule has 5 heterocycles. The van der Waals surface area contributed by atoms with Crippen LogP contribution in [0.5, 0.6) is 5.75 Å². The summed E-state index contributed by atoms with van der Waals surface area (Å²) in [7, 11) is 0. The van der Waals surface area contributed by atoms with Gasteiger partial charge in [-0.1, -0.05) is 6.07 Å². The molecule has 8 nitrogen and oxygen atoms in total. The van der Waals surface area contributed by atoms with Gasteiger partial charge in [-0.25, -0.2) is 4.98 Å². The van der Waals surface area contributed by atoms with Gasteiger partial charge in [-0.2, -0.15) is 0 Å². The molecule has 2 N–H and O–H groups in total. The minimum absolute atomic E-state index is 0.00915. The summed E-state index contributed by atoms with van der Waals surface area (Å²) in [5.74, 6) is 1.75. The molecule has 0 spiro atoms. The van der Waals surface area contributed by atoms with Crippen molar-refractivity contribution < 1.29 is 14.3 Å². The van der Waals surface area contributed by atoms with Gasteiger partial charge in [0.25, 0.3) is 11.8 Å². The second-order valence-corrected chi connectivity index (χ2v) is 11.4. The second kappa shape index (κ2) is 9.63. The van der Waals surface area contributed by atoms with Gasteiger partial charge >= 0.3 is 0 Å². The molecule has 1 aromatic heterocycles. The summed E-state index contributed by atoms with van der Waals surface area (Å²) in [6.07, 6.45) is 6.62. The first kappa shape index (κ1) is 24.2. The minimum Gasteiger partial charge on any atom is -0.493 e. The third kappa shape index (κ3) is 4.56. The molecule has 4 aliphatic heterocycles. The average molecular weight is 504 g/mol. The molecule has 6 rings (SSSR count). The molecular formula is C29H37N5O3. The van der Waals surface area contributed by atoms with Crippen LogP contribution in [0.3, 0.4) is 0 Å². The number of carbonyl (C=O) groups excluding carboxylic acids is 2. The van der Waals surface area contributed by atoms with Gasteiger partial charge in [0.2, 0.25) is 0 Å². The fourth-order valence-electron chi connectivity index (χ4n) is 6.55. The van der Waals surface area contributed by atoms with Crippen LogP contribution in [-0.2, 0) is 6.42 Å². The highest BCUT2D eigenvalue weighted by Crippen LogP contribution is 2.39. The summed E-state index contributed by atoms with van der Waals surface area (Å²) >= 11 is 0. The van der Waals surface area contributed by atoms with Crippen LogP contribution in [0.4, 0.5) is 5.82 Å². The molecule has 0 radical (unpaired) electrons. The Morgan fingerprint density at radius 1 is 1.00 bits per heavy atom. The Morgan fingerprint density at radius 3 is 2.41 bits per heavy atom. The van der Waals surface area contributed by atoms with Crippen molar-refractivity contribution in [3.05, 3.63) is 52.7 Å². The summed E-state index contributed by atoms with van der Waals surface area (Å²) in [6.45, 7) is 8.84. The lowest BCUT2D eigenvalue weighted by Crippen LogP contribution is -2.61. The Bertz CT molecular complexity index is 1180. The Kier molecular flexibility index (Phi) is 6.31. The largest absolute Gasteiger partial charge is 0.493 e. The van der Waals surface area contributed by atoms with Crippen LogP contribution in [0.1, 0.15) is 71.4 Å². The van der Waals surface area contributed by atoms with Gasteiger partial charge in [0.05, 0.1) is 18.2 Å². The number of anilines is 1. The molecular weight excluding hydrogens is 466 g/mol. The number of nitrogens with zero attached hydrogens (tertiary/aromatic N) is 3. The Balaban J connectivity index is 1.06. The number of ether oxygens (including phenoxy) is 1. The molecule has 3 saturated heterocycles. The molecule has 4 aliphatic rings. The van der Waals surface area contributed by atoms with Gasteiger partial charge in [-0.05, 0) is 70.2 Å². The van der Waals surface area contributed by atoms with E-state index in [0.717, 1.165) is 62.3 Å². The lowest BCUT2D eigenvalue weighted by Gasteiger charge is -2.42. The van der Waals surface area contributed by atoms with Crippen LogP contribution in [0.2, 0.25) is 0 Å².